The van der Waals surface area contributed by atoms with E-state index in [1.807, 2.05) is 58.8 Å². The summed E-state index contributed by atoms with van der Waals surface area (Å²) < 4.78 is 21.4. The van der Waals surface area contributed by atoms with Gasteiger partial charge in [0.25, 0.3) is 0 Å². The topological polar surface area (TPSA) is 50.1 Å². The number of para-hydroxylation sites is 2. The number of anilines is 1. The minimum Gasteiger partial charge on any atom is -0.495 e. The SMILES string of the molecule is COc1ccccc1N1CCN(C(=O)Cc2c(-c3ccc(F)c(C)c3)nc3ccc(C)cn23)CC1. The molecule has 0 saturated carbocycles. The normalized spacial score (nSPS) is 13.9. The van der Waals surface area contributed by atoms with E-state index in [4.69, 9.17) is 9.72 Å². The van der Waals surface area contributed by atoms with Crippen molar-refractivity contribution in [3.8, 4) is 17.0 Å². The lowest BCUT2D eigenvalue weighted by molar-refractivity contribution is -0.130. The number of nitrogens with zero attached hydrogens (tertiary/aromatic N) is 4. The number of pyridine rings is 1. The van der Waals surface area contributed by atoms with Crippen LogP contribution in [0.1, 0.15) is 16.8 Å². The van der Waals surface area contributed by atoms with Gasteiger partial charge in [-0.05, 0) is 61.4 Å². The molecule has 0 N–H and O–H groups in total. The summed E-state index contributed by atoms with van der Waals surface area (Å²) in [5.74, 6) is 0.652. The Morgan fingerprint density at radius 3 is 2.54 bits per heavy atom. The molecule has 2 aromatic carbocycles. The predicted molar refractivity (Wildman–Crippen MR) is 136 cm³/mol. The first kappa shape index (κ1) is 22.9. The summed E-state index contributed by atoms with van der Waals surface area (Å²) in [6.07, 6.45) is 2.23. The molecule has 0 aliphatic carbocycles. The molecule has 1 aliphatic rings. The highest BCUT2D eigenvalue weighted by Crippen LogP contribution is 2.30. The first-order valence-electron chi connectivity index (χ1n) is 11.8. The van der Waals surface area contributed by atoms with Gasteiger partial charge in [0, 0.05) is 37.9 Å². The summed E-state index contributed by atoms with van der Waals surface area (Å²) in [5.41, 5.74) is 5.82. The first-order valence-corrected chi connectivity index (χ1v) is 11.8. The molecule has 7 heteroatoms. The fourth-order valence-electron chi connectivity index (χ4n) is 4.73. The highest BCUT2D eigenvalue weighted by atomic mass is 19.1. The zero-order chi connectivity index (χ0) is 24.5. The average Bonchev–Trinajstić information content (AvgIpc) is 3.23. The van der Waals surface area contributed by atoms with Crippen LogP contribution < -0.4 is 9.64 Å². The minimum absolute atomic E-state index is 0.0630. The van der Waals surface area contributed by atoms with Crippen molar-refractivity contribution in [2.75, 3.05) is 38.2 Å². The van der Waals surface area contributed by atoms with E-state index in [0.29, 0.717) is 18.7 Å². The van der Waals surface area contributed by atoms with Gasteiger partial charge in [0.1, 0.15) is 17.2 Å². The van der Waals surface area contributed by atoms with Gasteiger partial charge in [0.15, 0.2) is 0 Å². The molecule has 35 heavy (non-hydrogen) atoms. The van der Waals surface area contributed by atoms with E-state index in [1.165, 1.54) is 6.07 Å². The molecule has 0 atom stereocenters. The number of benzene rings is 2. The molecule has 0 radical (unpaired) electrons. The van der Waals surface area contributed by atoms with Crippen LogP contribution in [0.5, 0.6) is 5.75 Å². The highest BCUT2D eigenvalue weighted by molar-refractivity contribution is 5.82. The van der Waals surface area contributed by atoms with Crippen LogP contribution in [0.2, 0.25) is 0 Å². The molecular weight excluding hydrogens is 443 g/mol. The molecule has 1 amide bonds. The molecule has 4 aromatic rings. The smallest absolute Gasteiger partial charge is 0.228 e. The maximum absolute atomic E-state index is 13.9. The van der Waals surface area contributed by atoms with Gasteiger partial charge in [0.2, 0.25) is 5.91 Å². The number of rotatable bonds is 5. The van der Waals surface area contributed by atoms with E-state index in [9.17, 15) is 9.18 Å². The van der Waals surface area contributed by atoms with Crippen LogP contribution in [0.3, 0.4) is 0 Å². The third-order valence-electron chi connectivity index (χ3n) is 6.67. The van der Waals surface area contributed by atoms with Crippen molar-refractivity contribution in [3.05, 3.63) is 83.4 Å². The van der Waals surface area contributed by atoms with Crippen molar-refractivity contribution < 1.29 is 13.9 Å². The fraction of sp³-hybridized carbons (Fsp3) is 0.286. The van der Waals surface area contributed by atoms with Gasteiger partial charge in [-0.2, -0.15) is 0 Å². The summed E-state index contributed by atoms with van der Waals surface area (Å²) in [5, 5.41) is 0. The molecule has 0 unspecified atom stereocenters. The Kier molecular flexibility index (Phi) is 6.16. The van der Waals surface area contributed by atoms with Crippen LogP contribution in [0.25, 0.3) is 16.9 Å². The highest BCUT2D eigenvalue weighted by Gasteiger charge is 2.25. The number of aryl methyl sites for hydroxylation is 2. The number of ether oxygens (including phenoxy) is 1. The van der Waals surface area contributed by atoms with E-state index < -0.39 is 0 Å². The van der Waals surface area contributed by atoms with E-state index in [1.54, 1.807) is 26.2 Å². The Hall–Kier alpha value is -3.87. The quantitative estimate of drug-likeness (QED) is 0.424. The number of hydrogen-bond acceptors (Lipinski definition) is 4. The largest absolute Gasteiger partial charge is 0.495 e. The summed E-state index contributed by atoms with van der Waals surface area (Å²) in [7, 11) is 1.68. The van der Waals surface area contributed by atoms with E-state index in [-0.39, 0.29) is 18.1 Å². The van der Waals surface area contributed by atoms with Gasteiger partial charge in [-0.15, -0.1) is 0 Å². The second-order valence-corrected chi connectivity index (χ2v) is 9.02. The van der Waals surface area contributed by atoms with Gasteiger partial charge >= 0.3 is 0 Å². The summed E-state index contributed by atoms with van der Waals surface area (Å²) in [6, 6.07) is 16.9. The van der Waals surface area contributed by atoms with Crippen LogP contribution in [0.4, 0.5) is 10.1 Å². The van der Waals surface area contributed by atoms with Gasteiger partial charge in [-0.1, -0.05) is 18.2 Å². The average molecular weight is 473 g/mol. The second-order valence-electron chi connectivity index (χ2n) is 9.02. The zero-order valence-electron chi connectivity index (χ0n) is 20.3. The zero-order valence-corrected chi connectivity index (χ0v) is 20.3. The summed E-state index contributed by atoms with van der Waals surface area (Å²) in [6.45, 7) is 6.51. The van der Waals surface area contributed by atoms with Crippen molar-refractivity contribution >= 4 is 17.2 Å². The third-order valence-corrected chi connectivity index (χ3v) is 6.67. The number of methoxy groups -OCH3 is 1. The molecule has 2 aromatic heterocycles. The molecule has 1 saturated heterocycles. The Labute approximate surface area is 204 Å². The van der Waals surface area contributed by atoms with E-state index in [0.717, 1.165) is 52.7 Å². The van der Waals surface area contributed by atoms with Gasteiger partial charge in [-0.25, -0.2) is 9.37 Å². The Morgan fingerprint density at radius 1 is 1.03 bits per heavy atom. The number of imidazole rings is 1. The molecule has 1 fully saturated rings. The van der Waals surface area contributed by atoms with Crippen LogP contribution in [0, 0.1) is 19.7 Å². The maximum Gasteiger partial charge on any atom is 0.228 e. The molecule has 180 valence electrons. The third kappa shape index (κ3) is 4.46. The van der Waals surface area contributed by atoms with E-state index >= 15 is 0 Å². The lowest BCUT2D eigenvalue weighted by Gasteiger charge is -2.36. The Morgan fingerprint density at radius 2 is 1.80 bits per heavy atom. The van der Waals surface area contributed by atoms with Crippen molar-refractivity contribution in [1.82, 2.24) is 14.3 Å². The fourth-order valence-corrected chi connectivity index (χ4v) is 4.73. The number of piperazine rings is 1. The number of aromatic nitrogens is 2. The Bertz CT molecular complexity index is 1390. The maximum atomic E-state index is 13.9. The molecular formula is C28H29FN4O2. The van der Waals surface area contributed by atoms with Crippen molar-refractivity contribution in [3.63, 3.8) is 0 Å². The molecule has 3 heterocycles. The number of amides is 1. The predicted octanol–water partition coefficient (Wildman–Crippen LogP) is 4.66. The first-order chi connectivity index (χ1) is 16.9. The lowest BCUT2D eigenvalue weighted by Crippen LogP contribution is -2.49. The lowest BCUT2D eigenvalue weighted by atomic mass is 10.0. The van der Waals surface area contributed by atoms with Crippen LogP contribution in [-0.2, 0) is 11.2 Å². The number of carbonyl (C=O) groups excluding carboxylic acids is 1. The molecule has 0 spiro atoms. The van der Waals surface area contributed by atoms with Gasteiger partial charge in [0.05, 0.1) is 30.6 Å². The van der Waals surface area contributed by atoms with Gasteiger partial charge in [-0.3, -0.25) is 4.79 Å². The number of hydrogen-bond donors (Lipinski definition) is 0. The summed E-state index contributed by atoms with van der Waals surface area (Å²) >= 11 is 0. The molecule has 5 rings (SSSR count). The van der Waals surface area contributed by atoms with Crippen LogP contribution in [0.15, 0.2) is 60.8 Å². The van der Waals surface area contributed by atoms with Gasteiger partial charge < -0.3 is 18.9 Å². The number of fused-ring (bicyclic) bond motifs is 1. The monoisotopic (exact) mass is 472 g/mol. The molecule has 1 aliphatic heterocycles. The van der Waals surface area contributed by atoms with Crippen molar-refractivity contribution in [1.29, 1.82) is 0 Å². The van der Waals surface area contributed by atoms with Crippen molar-refractivity contribution in [2.24, 2.45) is 0 Å². The number of halogens is 1. The summed E-state index contributed by atoms with van der Waals surface area (Å²) in [4.78, 5) is 22.4. The van der Waals surface area contributed by atoms with Crippen LogP contribution in [-0.4, -0.2) is 53.5 Å². The Balaban J connectivity index is 1.40. The second kappa shape index (κ2) is 9.41. The molecule has 6 nitrogen and oxygen atoms in total. The minimum atomic E-state index is -0.251. The van der Waals surface area contributed by atoms with Crippen molar-refractivity contribution in [2.45, 2.75) is 20.3 Å². The number of carbonyl (C=O) groups is 1. The van der Waals surface area contributed by atoms with Crippen LogP contribution >= 0.6 is 0 Å². The molecule has 0 bridgehead atoms. The standard InChI is InChI=1S/C28H29FN4O2/c1-19-8-11-26-30-28(21-9-10-22(29)20(2)16-21)24(33(26)18-19)17-27(34)32-14-12-31(13-15-32)23-6-4-5-7-25(23)35-3/h4-11,16,18H,12-15,17H2,1-3H3. The van der Waals surface area contributed by atoms with E-state index in [2.05, 4.69) is 4.90 Å².